The second-order valence-electron chi connectivity index (χ2n) is 9.18. The molecule has 1 unspecified atom stereocenters. The van der Waals surface area contributed by atoms with Gasteiger partial charge in [0.15, 0.2) is 11.5 Å². The average molecular weight is 515 g/mol. The number of phenolic OH excluding ortho intramolecular Hbond substituents is 3. The molecule has 1 atom stereocenters. The fourth-order valence-corrected chi connectivity index (χ4v) is 4.89. The number of phenols is 3. The highest BCUT2D eigenvalue weighted by atomic mass is 19.1. The fraction of sp³-hybridized carbons (Fsp3) is 0.400. The molecule has 5 rings (SSSR count). The van der Waals surface area contributed by atoms with E-state index in [-0.39, 0.29) is 54.6 Å². The molecule has 37 heavy (non-hydrogen) atoms. The second kappa shape index (κ2) is 9.87. The van der Waals surface area contributed by atoms with Crippen molar-refractivity contribution in [3.05, 3.63) is 46.3 Å². The largest absolute Gasteiger partial charge is 0.504 e. The van der Waals surface area contributed by atoms with E-state index in [0.717, 1.165) is 0 Å². The van der Waals surface area contributed by atoms with Crippen LogP contribution in [0.5, 0.6) is 23.0 Å². The zero-order chi connectivity index (χ0) is 26.3. The third kappa shape index (κ3) is 4.53. The normalized spacial score (nSPS) is 20.2. The first-order chi connectivity index (χ1) is 17.8. The van der Waals surface area contributed by atoms with Crippen LogP contribution < -0.4 is 10.1 Å². The van der Waals surface area contributed by atoms with Crippen LogP contribution in [0.1, 0.15) is 39.9 Å². The molecule has 2 aromatic carbocycles. The predicted octanol–water partition coefficient (Wildman–Crippen LogP) is 1.11. The topological polar surface area (TPSA) is 149 Å². The number of benzene rings is 2. The highest BCUT2D eigenvalue weighted by Gasteiger charge is 2.40. The Kier molecular flexibility index (Phi) is 6.61. The minimum absolute atomic E-state index is 0.00197. The van der Waals surface area contributed by atoms with E-state index < -0.39 is 41.6 Å². The van der Waals surface area contributed by atoms with Gasteiger partial charge in [-0.2, -0.15) is 0 Å². The molecule has 0 saturated carbocycles. The van der Waals surface area contributed by atoms with Gasteiger partial charge in [-0.15, -0.1) is 0 Å². The van der Waals surface area contributed by atoms with E-state index in [1.807, 2.05) is 4.90 Å². The molecule has 0 radical (unpaired) electrons. The van der Waals surface area contributed by atoms with E-state index in [1.54, 1.807) is 18.2 Å². The lowest BCUT2D eigenvalue weighted by molar-refractivity contribution is -0.136. The SMILES string of the molecule is O=C1CCC(N2Cc3c(OCc4c(O)c(O)c(O)c(CN5CCOCC5)c4F)cccc3C2=O)C(=O)N1. The second-order valence-corrected chi connectivity index (χ2v) is 9.18. The maximum atomic E-state index is 15.4. The molecule has 196 valence electrons. The molecule has 12 heteroatoms. The molecule has 2 fully saturated rings. The van der Waals surface area contributed by atoms with Crippen LogP contribution in [0.15, 0.2) is 18.2 Å². The Morgan fingerprint density at radius 2 is 1.78 bits per heavy atom. The van der Waals surface area contributed by atoms with Crippen molar-refractivity contribution in [1.29, 1.82) is 0 Å². The molecule has 0 bridgehead atoms. The van der Waals surface area contributed by atoms with Crippen LogP contribution in [0.3, 0.4) is 0 Å². The Morgan fingerprint density at radius 3 is 2.51 bits per heavy atom. The summed E-state index contributed by atoms with van der Waals surface area (Å²) < 4.78 is 26.5. The number of imide groups is 1. The first-order valence-electron chi connectivity index (χ1n) is 11.9. The van der Waals surface area contributed by atoms with Crippen LogP contribution in [0.2, 0.25) is 0 Å². The number of carbonyl (C=O) groups is 3. The Labute approximate surface area is 211 Å². The summed E-state index contributed by atoms with van der Waals surface area (Å²) in [6.07, 6.45) is 0.327. The number of amides is 3. The predicted molar refractivity (Wildman–Crippen MR) is 124 cm³/mol. The van der Waals surface area contributed by atoms with Crippen molar-refractivity contribution in [2.24, 2.45) is 0 Å². The minimum atomic E-state index is -0.909. The monoisotopic (exact) mass is 515 g/mol. The smallest absolute Gasteiger partial charge is 0.255 e. The van der Waals surface area contributed by atoms with Crippen molar-refractivity contribution >= 4 is 17.7 Å². The van der Waals surface area contributed by atoms with Crippen molar-refractivity contribution in [3.8, 4) is 23.0 Å². The first-order valence-corrected chi connectivity index (χ1v) is 11.9. The number of halogens is 1. The maximum absolute atomic E-state index is 15.4. The van der Waals surface area contributed by atoms with E-state index >= 15 is 4.39 Å². The van der Waals surface area contributed by atoms with Crippen LogP contribution in [0, 0.1) is 5.82 Å². The van der Waals surface area contributed by atoms with Gasteiger partial charge in [0.2, 0.25) is 17.6 Å². The van der Waals surface area contributed by atoms with E-state index in [1.165, 1.54) is 4.90 Å². The molecule has 11 nitrogen and oxygen atoms in total. The number of rotatable bonds is 6. The van der Waals surface area contributed by atoms with Gasteiger partial charge < -0.3 is 29.7 Å². The van der Waals surface area contributed by atoms with Crippen LogP contribution >= 0.6 is 0 Å². The number of piperidine rings is 1. The summed E-state index contributed by atoms with van der Waals surface area (Å²) in [4.78, 5) is 40.0. The van der Waals surface area contributed by atoms with Gasteiger partial charge in [-0.1, -0.05) is 6.07 Å². The standard InChI is InChI=1S/C25H26FN3O8/c26-20-15(10-28-6-8-36-9-7-28)21(31)23(33)22(32)16(20)12-37-18-3-1-2-13-14(18)11-29(25(13)35)17-4-5-19(30)27-24(17)34/h1-3,17,31-33H,4-12H2,(H,27,30,34). The van der Waals surface area contributed by atoms with Gasteiger partial charge in [-0.3, -0.25) is 24.6 Å². The number of fused-ring (bicyclic) bond motifs is 1. The summed E-state index contributed by atoms with van der Waals surface area (Å²) >= 11 is 0. The summed E-state index contributed by atoms with van der Waals surface area (Å²) in [5.74, 6) is -4.42. The minimum Gasteiger partial charge on any atom is -0.504 e. The zero-order valence-corrected chi connectivity index (χ0v) is 19.8. The summed E-state index contributed by atoms with van der Waals surface area (Å²) in [5, 5.41) is 33.2. The molecular weight excluding hydrogens is 489 g/mol. The molecule has 3 aliphatic heterocycles. The summed E-state index contributed by atoms with van der Waals surface area (Å²) in [5.41, 5.74) is 0.276. The van der Waals surface area contributed by atoms with Crippen LogP contribution in [-0.4, -0.2) is 75.2 Å². The molecule has 0 aromatic heterocycles. The molecule has 0 spiro atoms. The number of aromatic hydroxyl groups is 3. The molecular formula is C25H26FN3O8. The summed E-state index contributed by atoms with van der Waals surface area (Å²) in [6, 6.07) is 3.93. The van der Waals surface area contributed by atoms with Crippen LogP contribution in [-0.2, 0) is 34.0 Å². The van der Waals surface area contributed by atoms with Crippen molar-refractivity contribution in [3.63, 3.8) is 0 Å². The average Bonchev–Trinajstić information content (AvgIpc) is 3.23. The lowest BCUT2D eigenvalue weighted by Crippen LogP contribution is -2.52. The first kappa shape index (κ1) is 24.8. The van der Waals surface area contributed by atoms with Crippen molar-refractivity contribution in [2.45, 2.75) is 38.6 Å². The van der Waals surface area contributed by atoms with Gasteiger partial charge in [0, 0.05) is 42.7 Å². The number of hydrogen-bond donors (Lipinski definition) is 4. The maximum Gasteiger partial charge on any atom is 0.255 e. The third-order valence-electron chi connectivity index (χ3n) is 6.95. The van der Waals surface area contributed by atoms with Crippen LogP contribution in [0.25, 0.3) is 0 Å². The Bertz CT molecular complexity index is 1280. The quantitative estimate of drug-likeness (QED) is 0.328. The van der Waals surface area contributed by atoms with Crippen molar-refractivity contribution < 1.29 is 43.6 Å². The number of ether oxygens (including phenoxy) is 2. The Morgan fingerprint density at radius 1 is 1.05 bits per heavy atom. The highest BCUT2D eigenvalue weighted by Crippen LogP contribution is 2.44. The van der Waals surface area contributed by atoms with Gasteiger partial charge in [0.25, 0.3) is 5.91 Å². The van der Waals surface area contributed by atoms with Gasteiger partial charge in [-0.05, 0) is 18.6 Å². The van der Waals surface area contributed by atoms with E-state index in [9.17, 15) is 29.7 Å². The lowest BCUT2D eigenvalue weighted by Gasteiger charge is -2.29. The molecule has 3 heterocycles. The molecule has 2 saturated heterocycles. The lowest BCUT2D eigenvalue weighted by atomic mass is 10.0. The van der Waals surface area contributed by atoms with Crippen molar-refractivity contribution in [2.75, 3.05) is 26.3 Å². The van der Waals surface area contributed by atoms with Gasteiger partial charge >= 0.3 is 0 Å². The Balaban J connectivity index is 1.38. The third-order valence-corrected chi connectivity index (χ3v) is 6.95. The number of carbonyl (C=O) groups excluding carboxylic acids is 3. The molecule has 2 aromatic rings. The summed E-state index contributed by atoms with van der Waals surface area (Å²) in [7, 11) is 0. The molecule has 3 aliphatic rings. The Hall–Kier alpha value is -3.90. The summed E-state index contributed by atoms with van der Waals surface area (Å²) in [6.45, 7) is 1.49. The number of nitrogens with zero attached hydrogens (tertiary/aromatic N) is 2. The van der Waals surface area contributed by atoms with E-state index in [4.69, 9.17) is 9.47 Å². The molecule has 3 amide bonds. The van der Waals surface area contributed by atoms with Gasteiger partial charge in [0.05, 0.1) is 25.3 Å². The number of morpholine rings is 1. The van der Waals surface area contributed by atoms with E-state index in [2.05, 4.69) is 5.32 Å². The number of nitrogens with one attached hydrogen (secondary N) is 1. The van der Waals surface area contributed by atoms with E-state index in [0.29, 0.717) is 37.4 Å². The van der Waals surface area contributed by atoms with Crippen LogP contribution in [0.4, 0.5) is 4.39 Å². The molecule has 0 aliphatic carbocycles. The highest BCUT2D eigenvalue weighted by molar-refractivity contribution is 6.05. The van der Waals surface area contributed by atoms with Gasteiger partial charge in [0.1, 0.15) is 24.2 Å². The van der Waals surface area contributed by atoms with Crippen molar-refractivity contribution in [1.82, 2.24) is 15.1 Å². The number of hydrogen-bond acceptors (Lipinski definition) is 9. The zero-order valence-electron chi connectivity index (χ0n) is 19.8. The molecule has 4 N–H and O–H groups in total. The van der Waals surface area contributed by atoms with Gasteiger partial charge in [-0.25, -0.2) is 4.39 Å². The fourth-order valence-electron chi connectivity index (χ4n) is 4.89.